The van der Waals surface area contributed by atoms with E-state index in [2.05, 4.69) is 10.1 Å². The quantitative estimate of drug-likeness (QED) is 0.819. The maximum Gasteiger partial charge on any atom is 0.325 e. The van der Waals surface area contributed by atoms with Gasteiger partial charge in [0.15, 0.2) is 0 Å². The van der Waals surface area contributed by atoms with Crippen molar-refractivity contribution in [3.05, 3.63) is 54.6 Å². The second kappa shape index (κ2) is 7.15. The summed E-state index contributed by atoms with van der Waals surface area (Å²) in [5, 5.41) is 2.83. The van der Waals surface area contributed by atoms with Crippen LogP contribution in [0, 0.1) is 0 Å². The van der Waals surface area contributed by atoms with Gasteiger partial charge in [0, 0.05) is 12.7 Å². The first-order chi connectivity index (χ1) is 10.9. The van der Waals surface area contributed by atoms with E-state index in [1.807, 2.05) is 6.07 Å². The Balaban J connectivity index is 2.25. The van der Waals surface area contributed by atoms with Gasteiger partial charge in [-0.3, -0.25) is 9.10 Å². The number of carbonyl (C=O) groups is 1. The van der Waals surface area contributed by atoms with Gasteiger partial charge in [-0.1, -0.05) is 24.3 Å². The number of para-hydroxylation sites is 1. The molecule has 122 valence electrons. The van der Waals surface area contributed by atoms with Gasteiger partial charge in [-0.15, -0.1) is 0 Å². The molecule has 0 aromatic heterocycles. The fourth-order valence-corrected chi connectivity index (χ4v) is 3.19. The lowest BCUT2D eigenvalue weighted by Crippen LogP contribution is -2.26. The number of nitrogens with one attached hydrogen (secondary N) is 1. The van der Waals surface area contributed by atoms with E-state index in [4.69, 9.17) is 0 Å². The average Bonchev–Trinajstić information content (AvgIpc) is 2.60. The van der Waals surface area contributed by atoms with Gasteiger partial charge in [0.2, 0.25) is 0 Å². The van der Waals surface area contributed by atoms with Gasteiger partial charge in [0.1, 0.15) is 6.54 Å². The molecule has 0 radical (unpaired) electrons. The highest BCUT2D eigenvalue weighted by Gasteiger charge is 2.21. The third-order valence-corrected chi connectivity index (χ3v) is 5.06. The maximum atomic E-state index is 12.7. The molecule has 7 heteroatoms. The zero-order valence-corrected chi connectivity index (χ0v) is 13.7. The molecule has 0 fully saturated rings. The van der Waals surface area contributed by atoms with Crippen LogP contribution in [-0.2, 0) is 19.6 Å². The lowest BCUT2D eigenvalue weighted by atomic mass is 10.3. The normalized spacial score (nSPS) is 10.9. The molecule has 23 heavy (non-hydrogen) atoms. The van der Waals surface area contributed by atoms with Gasteiger partial charge in [0.05, 0.1) is 17.7 Å². The molecule has 0 aliphatic rings. The minimum absolute atomic E-state index is 0.0332. The summed E-state index contributed by atoms with van der Waals surface area (Å²) in [6, 6.07) is 15.1. The molecule has 0 bridgehead atoms. The van der Waals surface area contributed by atoms with Crippen molar-refractivity contribution in [2.24, 2.45) is 0 Å². The van der Waals surface area contributed by atoms with E-state index < -0.39 is 16.0 Å². The van der Waals surface area contributed by atoms with Crippen molar-refractivity contribution in [1.29, 1.82) is 0 Å². The lowest BCUT2D eigenvalue weighted by molar-refractivity contribution is -0.138. The number of rotatable bonds is 6. The second-order valence-electron chi connectivity index (χ2n) is 4.77. The van der Waals surface area contributed by atoms with Crippen LogP contribution in [0.15, 0.2) is 59.5 Å². The highest BCUT2D eigenvalue weighted by molar-refractivity contribution is 7.92. The van der Waals surface area contributed by atoms with E-state index in [1.54, 1.807) is 36.4 Å². The van der Waals surface area contributed by atoms with Gasteiger partial charge in [-0.2, -0.15) is 0 Å². The fraction of sp³-hybridized carbons (Fsp3) is 0.188. The van der Waals surface area contributed by atoms with Crippen LogP contribution in [0.1, 0.15) is 0 Å². The number of esters is 1. The SMILES string of the molecule is COC(=O)CNc1cccc(S(=O)(=O)N(C)c2ccccc2)c1. The Morgan fingerprint density at radius 2 is 1.83 bits per heavy atom. The third-order valence-electron chi connectivity index (χ3n) is 3.28. The number of ether oxygens (including phenoxy) is 1. The Morgan fingerprint density at radius 1 is 1.13 bits per heavy atom. The molecule has 0 unspecified atom stereocenters. The van der Waals surface area contributed by atoms with E-state index in [-0.39, 0.29) is 11.4 Å². The highest BCUT2D eigenvalue weighted by atomic mass is 32.2. The van der Waals surface area contributed by atoms with Crippen molar-refractivity contribution in [2.75, 3.05) is 30.3 Å². The van der Waals surface area contributed by atoms with E-state index in [1.165, 1.54) is 30.6 Å². The van der Waals surface area contributed by atoms with Crippen LogP contribution >= 0.6 is 0 Å². The summed E-state index contributed by atoms with van der Waals surface area (Å²) in [6.45, 7) is -0.0332. The number of carbonyl (C=O) groups excluding carboxylic acids is 1. The third kappa shape index (κ3) is 4.01. The number of sulfonamides is 1. The molecule has 0 atom stereocenters. The molecule has 2 aromatic rings. The topological polar surface area (TPSA) is 75.7 Å². The van der Waals surface area contributed by atoms with Gasteiger partial charge in [-0.25, -0.2) is 8.42 Å². The predicted octanol–water partition coefficient (Wildman–Crippen LogP) is 2.10. The number of methoxy groups -OCH3 is 1. The van der Waals surface area contributed by atoms with E-state index >= 15 is 0 Å². The van der Waals surface area contributed by atoms with Gasteiger partial charge >= 0.3 is 5.97 Å². The summed E-state index contributed by atoms with van der Waals surface area (Å²) in [6.07, 6.45) is 0. The molecule has 0 saturated carbocycles. The molecule has 6 nitrogen and oxygen atoms in total. The van der Waals surface area contributed by atoms with Crippen LogP contribution in [-0.4, -0.2) is 35.1 Å². The molecule has 2 aromatic carbocycles. The number of anilines is 2. The summed E-state index contributed by atoms with van der Waals surface area (Å²) < 4.78 is 31.1. The number of hydrogen-bond acceptors (Lipinski definition) is 5. The first-order valence-electron chi connectivity index (χ1n) is 6.90. The van der Waals surface area contributed by atoms with E-state index in [0.29, 0.717) is 11.4 Å². The monoisotopic (exact) mass is 334 g/mol. The zero-order valence-electron chi connectivity index (χ0n) is 12.9. The molecule has 0 spiro atoms. The summed E-state index contributed by atoms with van der Waals surface area (Å²) in [5.41, 5.74) is 1.10. The van der Waals surface area contributed by atoms with Crippen molar-refractivity contribution in [2.45, 2.75) is 4.90 Å². The van der Waals surface area contributed by atoms with Crippen LogP contribution in [0.4, 0.5) is 11.4 Å². The van der Waals surface area contributed by atoms with Crippen LogP contribution in [0.5, 0.6) is 0 Å². The highest BCUT2D eigenvalue weighted by Crippen LogP contribution is 2.23. The Kier molecular flexibility index (Phi) is 5.23. The molecular formula is C16H18N2O4S. The van der Waals surface area contributed by atoms with Crippen molar-refractivity contribution in [3.63, 3.8) is 0 Å². The standard InChI is InChI=1S/C16H18N2O4S/c1-18(14-8-4-3-5-9-14)23(20,21)15-10-6-7-13(11-15)17-12-16(19)22-2/h3-11,17H,12H2,1-2H3. The minimum Gasteiger partial charge on any atom is -0.468 e. The molecule has 0 aliphatic carbocycles. The molecule has 0 aliphatic heterocycles. The number of benzene rings is 2. The van der Waals surface area contributed by atoms with Crippen molar-refractivity contribution < 1.29 is 17.9 Å². The molecule has 0 amide bonds. The van der Waals surface area contributed by atoms with Crippen molar-refractivity contribution >= 4 is 27.4 Å². The molecule has 2 rings (SSSR count). The van der Waals surface area contributed by atoms with E-state index in [9.17, 15) is 13.2 Å². The van der Waals surface area contributed by atoms with Crippen molar-refractivity contribution in [3.8, 4) is 0 Å². The van der Waals surface area contributed by atoms with E-state index in [0.717, 1.165) is 0 Å². The molecular weight excluding hydrogens is 316 g/mol. The lowest BCUT2D eigenvalue weighted by Gasteiger charge is -2.20. The molecule has 1 N–H and O–H groups in total. The molecule has 0 heterocycles. The van der Waals surface area contributed by atoms with Crippen LogP contribution in [0.2, 0.25) is 0 Å². The Hall–Kier alpha value is -2.54. The zero-order chi connectivity index (χ0) is 16.9. The Bertz CT molecular complexity index is 776. The van der Waals surface area contributed by atoms with Crippen LogP contribution in [0.3, 0.4) is 0 Å². The molecule has 0 saturated heterocycles. The van der Waals surface area contributed by atoms with Crippen LogP contribution < -0.4 is 9.62 Å². The van der Waals surface area contributed by atoms with Gasteiger partial charge in [0.25, 0.3) is 10.0 Å². The minimum atomic E-state index is -3.68. The smallest absolute Gasteiger partial charge is 0.325 e. The second-order valence-corrected chi connectivity index (χ2v) is 6.73. The Labute approximate surface area is 135 Å². The summed E-state index contributed by atoms with van der Waals surface area (Å²) in [4.78, 5) is 11.3. The fourth-order valence-electron chi connectivity index (χ4n) is 1.95. The van der Waals surface area contributed by atoms with Gasteiger partial charge < -0.3 is 10.1 Å². The summed E-state index contributed by atoms with van der Waals surface area (Å²) >= 11 is 0. The first kappa shape index (κ1) is 16.8. The maximum absolute atomic E-state index is 12.7. The van der Waals surface area contributed by atoms with Crippen LogP contribution in [0.25, 0.3) is 0 Å². The van der Waals surface area contributed by atoms with Crippen molar-refractivity contribution in [1.82, 2.24) is 0 Å². The summed E-state index contributed by atoms with van der Waals surface area (Å²) in [7, 11) is -0.891. The predicted molar refractivity (Wildman–Crippen MR) is 89.0 cm³/mol. The number of hydrogen-bond donors (Lipinski definition) is 1. The summed E-state index contributed by atoms with van der Waals surface area (Å²) in [5.74, 6) is -0.431. The Morgan fingerprint density at radius 3 is 2.48 bits per heavy atom. The largest absolute Gasteiger partial charge is 0.468 e. The number of nitrogens with zero attached hydrogens (tertiary/aromatic N) is 1. The average molecular weight is 334 g/mol. The first-order valence-corrected chi connectivity index (χ1v) is 8.34. The van der Waals surface area contributed by atoms with Gasteiger partial charge in [-0.05, 0) is 30.3 Å².